The first kappa shape index (κ1) is 16.7. The SMILES string of the molecule is Cc1ccc(C2CC(C(=O)N(C)Cc3nc4ccccc4s3)NN2)s1. The number of nitrogens with one attached hydrogen (secondary N) is 2. The van der Waals surface area contributed by atoms with Crippen molar-refractivity contribution in [3.8, 4) is 0 Å². The Bertz CT molecular complexity index is 870. The zero-order chi connectivity index (χ0) is 17.4. The van der Waals surface area contributed by atoms with Gasteiger partial charge in [-0.05, 0) is 37.6 Å². The molecule has 1 aliphatic rings. The molecule has 1 saturated heterocycles. The Hall–Kier alpha value is -1.80. The van der Waals surface area contributed by atoms with Crippen molar-refractivity contribution in [3.63, 3.8) is 0 Å². The first-order valence-electron chi connectivity index (χ1n) is 8.27. The number of hydrogen-bond donors (Lipinski definition) is 2. The van der Waals surface area contributed by atoms with Crippen LogP contribution in [0, 0.1) is 6.92 Å². The molecular formula is C18H20N4OS2. The maximum atomic E-state index is 12.8. The van der Waals surface area contributed by atoms with E-state index in [0.717, 1.165) is 21.6 Å². The van der Waals surface area contributed by atoms with Crippen LogP contribution in [0.2, 0.25) is 0 Å². The van der Waals surface area contributed by atoms with Crippen molar-refractivity contribution >= 4 is 38.8 Å². The van der Waals surface area contributed by atoms with Gasteiger partial charge in [0, 0.05) is 16.8 Å². The maximum absolute atomic E-state index is 12.8. The van der Waals surface area contributed by atoms with E-state index < -0.39 is 0 Å². The fourth-order valence-electron chi connectivity index (χ4n) is 3.08. The Balaban J connectivity index is 1.40. The molecule has 7 heteroatoms. The van der Waals surface area contributed by atoms with Crippen molar-refractivity contribution in [2.45, 2.75) is 32.0 Å². The molecule has 2 unspecified atom stereocenters. The summed E-state index contributed by atoms with van der Waals surface area (Å²) in [7, 11) is 1.85. The van der Waals surface area contributed by atoms with Crippen molar-refractivity contribution in [1.82, 2.24) is 20.7 Å². The number of thiophene rings is 1. The molecule has 2 N–H and O–H groups in total. The number of hydrogen-bond acceptors (Lipinski definition) is 6. The van der Waals surface area contributed by atoms with Crippen molar-refractivity contribution < 1.29 is 4.79 Å². The second kappa shape index (κ2) is 6.84. The van der Waals surface area contributed by atoms with Gasteiger partial charge in [0.2, 0.25) is 5.91 Å². The molecule has 0 radical (unpaired) electrons. The molecule has 2 aromatic heterocycles. The molecule has 1 fully saturated rings. The molecule has 5 nitrogen and oxygen atoms in total. The highest BCUT2D eigenvalue weighted by Crippen LogP contribution is 2.29. The summed E-state index contributed by atoms with van der Waals surface area (Å²) in [5.41, 5.74) is 7.41. The first-order chi connectivity index (χ1) is 12.1. The first-order valence-corrected chi connectivity index (χ1v) is 9.90. The number of aryl methyl sites for hydroxylation is 1. The van der Waals surface area contributed by atoms with Crippen LogP contribution in [0.3, 0.4) is 0 Å². The van der Waals surface area contributed by atoms with Crippen LogP contribution in [0.25, 0.3) is 10.2 Å². The molecule has 0 aliphatic carbocycles. The standard InChI is InChI=1S/C18H20N4OS2/c1-11-7-8-16(24-11)13-9-14(21-20-13)18(23)22(2)10-17-19-12-5-3-4-6-15(12)25-17/h3-8,13-14,20-21H,9-10H2,1-2H3. The Labute approximate surface area is 154 Å². The van der Waals surface area contributed by atoms with E-state index in [2.05, 4.69) is 41.0 Å². The lowest BCUT2D eigenvalue weighted by atomic mass is 10.1. The van der Waals surface area contributed by atoms with Crippen molar-refractivity contribution in [2.75, 3.05) is 7.05 Å². The number of aromatic nitrogens is 1. The van der Waals surface area contributed by atoms with Gasteiger partial charge in [0.15, 0.2) is 0 Å². The van der Waals surface area contributed by atoms with E-state index in [9.17, 15) is 4.79 Å². The van der Waals surface area contributed by atoms with Gasteiger partial charge in [-0.1, -0.05) is 12.1 Å². The third kappa shape index (κ3) is 3.46. The highest BCUT2D eigenvalue weighted by atomic mass is 32.1. The largest absolute Gasteiger partial charge is 0.338 e. The number of thiazole rings is 1. The molecular weight excluding hydrogens is 352 g/mol. The van der Waals surface area contributed by atoms with Crippen molar-refractivity contribution in [2.24, 2.45) is 0 Å². The minimum absolute atomic E-state index is 0.0996. The van der Waals surface area contributed by atoms with Crippen LogP contribution in [0.4, 0.5) is 0 Å². The molecule has 25 heavy (non-hydrogen) atoms. The molecule has 4 rings (SSSR count). The number of fused-ring (bicyclic) bond motifs is 1. The minimum Gasteiger partial charge on any atom is -0.338 e. The third-order valence-electron chi connectivity index (χ3n) is 4.39. The van der Waals surface area contributed by atoms with Crippen LogP contribution >= 0.6 is 22.7 Å². The van der Waals surface area contributed by atoms with Crippen LogP contribution in [-0.2, 0) is 11.3 Å². The summed E-state index contributed by atoms with van der Waals surface area (Å²) in [5, 5.41) is 0.966. The Morgan fingerprint density at radius 3 is 2.84 bits per heavy atom. The van der Waals surface area contributed by atoms with Gasteiger partial charge in [-0.3, -0.25) is 4.79 Å². The number of benzene rings is 1. The number of carbonyl (C=O) groups is 1. The third-order valence-corrected chi connectivity index (χ3v) is 6.53. The number of amides is 1. The van der Waals surface area contributed by atoms with Gasteiger partial charge in [-0.25, -0.2) is 15.8 Å². The van der Waals surface area contributed by atoms with Gasteiger partial charge >= 0.3 is 0 Å². The summed E-state index contributed by atoms with van der Waals surface area (Å²) in [4.78, 5) is 21.7. The smallest absolute Gasteiger partial charge is 0.241 e. The zero-order valence-electron chi connectivity index (χ0n) is 14.2. The van der Waals surface area contributed by atoms with Crippen molar-refractivity contribution in [3.05, 3.63) is 51.2 Å². The van der Waals surface area contributed by atoms with E-state index in [4.69, 9.17) is 0 Å². The van der Waals surface area contributed by atoms with E-state index >= 15 is 0 Å². The van der Waals surface area contributed by atoms with Gasteiger partial charge in [0.25, 0.3) is 0 Å². The summed E-state index contributed by atoms with van der Waals surface area (Å²) in [6, 6.07) is 12.3. The summed E-state index contributed by atoms with van der Waals surface area (Å²) in [6.07, 6.45) is 0.767. The summed E-state index contributed by atoms with van der Waals surface area (Å²) < 4.78 is 1.16. The van der Waals surface area contributed by atoms with E-state index in [-0.39, 0.29) is 18.0 Å². The molecule has 0 saturated carbocycles. The monoisotopic (exact) mass is 372 g/mol. The number of para-hydroxylation sites is 1. The van der Waals surface area contributed by atoms with E-state index in [1.807, 2.05) is 25.2 Å². The lowest BCUT2D eigenvalue weighted by Gasteiger charge is -2.19. The summed E-state index contributed by atoms with van der Waals surface area (Å²) in [6.45, 7) is 2.64. The summed E-state index contributed by atoms with van der Waals surface area (Å²) >= 11 is 3.42. The number of carbonyl (C=O) groups excluding carboxylic acids is 1. The fourth-order valence-corrected chi connectivity index (χ4v) is 5.04. The molecule has 1 amide bonds. The van der Waals surface area contributed by atoms with Crippen LogP contribution in [0.15, 0.2) is 36.4 Å². The van der Waals surface area contributed by atoms with Gasteiger partial charge < -0.3 is 4.90 Å². The van der Waals surface area contributed by atoms with Gasteiger partial charge in [-0.2, -0.15) is 0 Å². The topological polar surface area (TPSA) is 57.3 Å². The average Bonchev–Trinajstić information content (AvgIpc) is 3.32. The van der Waals surface area contributed by atoms with Crippen molar-refractivity contribution in [1.29, 1.82) is 0 Å². The highest BCUT2D eigenvalue weighted by Gasteiger charge is 2.32. The predicted molar refractivity (Wildman–Crippen MR) is 103 cm³/mol. The lowest BCUT2D eigenvalue weighted by Crippen LogP contribution is -2.43. The molecule has 3 aromatic rings. The average molecular weight is 373 g/mol. The van der Waals surface area contributed by atoms with E-state index in [0.29, 0.717) is 6.54 Å². The molecule has 1 aliphatic heterocycles. The molecule has 0 bridgehead atoms. The normalized spacial score (nSPS) is 20.2. The number of hydrazine groups is 1. The lowest BCUT2D eigenvalue weighted by molar-refractivity contribution is -0.132. The van der Waals surface area contributed by atoms with Crippen LogP contribution in [0.5, 0.6) is 0 Å². The summed E-state index contributed by atoms with van der Waals surface area (Å²) in [5.74, 6) is 0.0996. The van der Waals surface area contributed by atoms with Crippen LogP contribution in [0.1, 0.15) is 27.2 Å². The quantitative estimate of drug-likeness (QED) is 0.738. The highest BCUT2D eigenvalue weighted by molar-refractivity contribution is 7.18. The van der Waals surface area contributed by atoms with Gasteiger partial charge in [-0.15, -0.1) is 22.7 Å². The van der Waals surface area contributed by atoms with Gasteiger partial charge in [0.1, 0.15) is 11.0 Å². The minimum atomic E-state index is -0.202. The molecule has 1 aromatic carbocycles. The van der Waals surface area contributed by atoms with E-state index in [1.165, 1.54) is 9.75 Å². The molecule has 0 spiro atoms. The van der Waals surface area contributed by atoms with E-state index in [1.54, 1.807) is 27.6 Å². The zero-order valence-corrected chi connectivity index (χ0v) is 15.8. The number of rotatable bonds is 4. The Morgan fingerprint density at radius 1 is 1.24 bits per heavy atom. The second-order valence-corrected chi connectivity index (χ2v) is 8.78. The fraction of sp³-hybridized carbons (Fsp3) is 0.333. The second-order valence-electron chi connectivity index (χ2n) is 6.35. The van der Waals surface area contributed by atoms with Crippen LogP contribution in [-0.4, -0.2) is 28.9 Å². The number of likely N-dealkylation sites (N-methyl/N-ethyl adjacent to an activating group) is 1. The van der Waals surface area contributed by atoms with Crippen LogP contribution < -0.4 is 10.9 Å². The van der Waals surface area contributed by atoms with Gasteiger partial charge in [0.05, 0.1) is 22.8 Å². The maximum Gasteiger partial charge on any atom is 0.241 e. The Kier molecular flexibility index (Phi) is 4.56. The Morgan fingerprint density at radius 2 is 2.08 bits per heavy atom. The molecule has 2 atom stereocenters. The molecule has 3 heterocycles. The predicted octanol–water partition coefficient (Wildman–Crippen LogP) is 3.23. The number of nitrogens with zero attached hydrogens (tertiary/aromatic N) is 2. The molecule has 130 valence electrons.